The molecule has 1 saturated heterocycles. The van der Waals surface area contributed by atoms with Crippen LogP contribution in [0.4, 0.5) is 0 Å². The number of alkyl halides is 1. The van der Waals surface area contributed by atoms with E-state index in [4.69, 9.17) is 0 Å². The van der Waals surface area contributed by atoms with Crippen molar-refractivity contribution in [1.29, 1.82) is 0 Å². The van der Waals surface area contributed by atoms with Gasteiger partial charge in [0.1, 0.15) is 0 Å². The summed E-state index contributed by atoms with van der Waals surface area (Å²) in [5, 5.41) is 4.46. The van der Waals surface area contributed by atoms with Gasteiger partial charge in [0.25, 0.3) is 0 Å². The zero-order valence-electron chi connectivity index (χ0n) is 4.69. The van der Waals surface area contributed by atoms with Gasteiger partial charge in [-0.05, 0) is 25.4 Å². The Hall–Kier alpha value is 0.730. The minimum atomic E-state index is 0. The van der Waals surface area contributed by atoms with Crippen molar-refractivity contribution in [2.45, 2.75) is 6.42 Å². The van der Waals surface area contributed by atoms with E-state index in [2.05, 4.69) is 21.2 Å². The summed E-state index contributed by atoms with van der Waals surface area (Å²) in [6.45, 7) is 2.43. The summed E-state index contributed by atoms with van der Waals surface area (Å²) in [4.78, 5) is 0. The Morgan fingerprint density at radius 3 is 2.62 bits per heavy atom. The van der Waals surface area contributed by atoms with E-state index in [1.54, 1.807) is 0 Å². The summed E-state index contributed by atoms with van der Waals surface area (Å²) in [6.07, 6.45) is 1.35. The maximum atomic E-state index is 3.44. The van der Waals surface area contributed by atoms with Crippen molar-refractivity contribution in [3.8, 4) is 0 Å². The smallest absolute Gasteiger partial charge is 0.00722 e. The van der Waals surface area contributed by atoms with Crippen molar-refractivity contribution >= 4 is 28.3 Å². The highest BCUT2D eigenvalue weighted by molar-refractivity contribution is 9.09. The molecule has 0 aromatic carbocycles. The molecule has 1 aliphatic heterocycles. The average molecular weight is 201 g/mol. The fraction of sp³-hybridized carbons (Fsp3) is 1.00. The first-order valence-electron chi connectivity index (χ1n) is 2.70. The molecule has 8 heavy (non-hydrogen) atoms. The number of halogens is 2. The molecule has 1 unspecified atom stereocenters. The van der Waals surface area contributed by atoms with E-state index < -0.39 is 0 Å². The van der Waals surface area contributed by atoms with Crippen LogP contribution in [-0.2, 0) is 0 Å². The van der Waals surface area contributed by atoms with Gasteiger partial charge in [-0.15, -0.1) is 12.4 Å². The number of hydrogen-bond acceptors (Lipinski definition) is 1. The minimum absolute atomic E-state index is 0. The fourth-order valence-electron chi connectivity index (χ4n) is 0.846. The number of hydrogen-bond donors (Lipinski definition) is 1. The molecule has 0 bridgehead atoms. The van der Waals surface area contributed by atoms with Gasteiger partial charge in [-0.25, -0.2) is 0 Å². The predicted molar refractivity (Wildman–Crippen MR) is 42.0 cm³/mol. The standard InChI is InChI=1S/C5H10BrN.ClH/c6-3-5-1-2-7-4-5;/h5,7H,1-4H2;1H. The van der Waals surface area contributed by atoms with Crippen LogP contribution in [0.15, 0.2) is 0 Å². The Balaban J connectivity index is 0.000000490. The molecule has 1 N–H and O–H groups in total. The summed E-state index contributed by atoms with van der Waals surface area (Å²) in [5.74, 6) is 0.903. The van der Waals surface area contributed by atoms with Crippen molar-refractivity contribution in [3.63, 3.8) is 0 Å². The van der Waals surface area contributed by atoms with Crippen LogP contribution in [0.25, 0.3) is 0 Å². The molecule has 0 aromatic heterocycles. The predicted octanol–water partition coefficient (Wildman–Crippen LogP) is 1.41. The quantitative estimate of drug-likeness (QED) is 0.631. The first-order chi connectivity index (χ1) is 3.43. The Bertz CT molecular complexity index is 54.4. The molecule has 0 spiro atoms. The first kappa shape index (κ1) is 8.73. The SMILES string of the molecule is BrCC1CCNC1.Cl. The summed E-state index contributed by atoms with van der Waals surface area (Å²) < 4.78 is 0. The fourth-order valence-corrected chi connectivity index (χ4v) is 1.40. The topological polar surface area (TPSA) is 12.0 Å². The van der Waals surface area contributed by atoms with Crippen molar-refractivity contribution in [2.75, 3.05) is 18.4 Å². The second-order valence-corrected chi connectivity index (χ2v) is 2.66. The molecule has 0 saturated carbocycles. The lowest BCUT2D eigenvalue weighted by molar-refractivity contribution is 0.667. The molecule has 3 heteroatoms. The molecule has 1 fully saturated rings. The lowest BCUT2D eigenvalue weighted by Gasteiger charge is -1.97. The molecule has 1 aliphatic rings. The molecular weight excluding hydrogens is 189 g/mol. The molecule has 0 aliphatic carbocycles. The third kappa shape index (κ3) is 2.33. The first-order valence-corrected chi connectivity index (χ1v) is 3.82. The van der Waals surface area contributed by atoms with E-state index in [0.717, 1.165) is 5.92 Å². The van der Waals surface area contributed by atoms with Gasteiger partial charge in [0.15, 0.2) is 0 Å². The van der Waals surface area contributed by atoms with Gasteiger partial charge in [0, 0.05) is 5.33 Å². The maximum Gasteiger partial charge on any atom is 0.00722 e. The Morgan fingerprint density at radius 1 is 1.62 bits per heavy atom. The van der Waals surface area contributed by atoms with Crippen molar-refractivity contribution in [1.82, 2.24) is 5.32 Å². The van der Waals surface area contributed by atoms with E-state index in [-0.39, 0.29) is 12.4 Å². The average Bonchev–Trinajstić information content (AvgIpc) is 2.14. The summed E-state index contributed by atoms with van der Waals surface area (Å²) in [5.41, 5.74) is 0. The van der Waals surface area contributed by atoms with Gasteiger partial charge >= 0.3 is 0 Å². The van der Waals surface area contributed by atoms with E-state index in [0.29, 0.717) is 0 Å². The van der Waals surface area contributed by atoms with Crippen molar-refractivity contribution in [3.05, 3.63) is 0 Å². The highest BCUT2D eigenvalue weighted by Gasteiger charge is 2.11. The largest absolute Gasteiger partial charge is 0.316 e. The third-order valence-corrected chi connectivity index (χ3v) is 2.30. The lowest BCUT2D eigenvalue weighted by atomic mass is 10.2. The zero-order valence-corrected chi connectivity index (χ0v) is 7.09. The van der Waals surface area contributed by atoms with E-state index in [9.17, 15) is 0 Å². The molecule has 1 heterocycles. The van der Waals surface area contributed by atoms with Gasteiger partial charge in [0.2, 0.25) is 0 Å². The minimum Gasteiger partial charge on any atom is -0.316 e. The summed E-state index contributed by atoms with van der Waals surface area (Å²) in [7, 11) is 0. The van der Waals surface area contributed by atoms with Crippen LogP contribution in [-0.4, -0.2) is 18.4 Å². The second kappa shape index (κ2) is 4.59. The molecule has 0 amide bonds. The normalized spacial score (nSPS) is 27.4. The third-order valence-electron chi connectivity index (χ3n) is 1.38. The van der Waals surface area contributed by atoms with Gasteiger partial charge in [-0.1, -0.05) is 15.9 Å². The van der Waals surface area contributed by atoms with Crippen LogP contribution in [0.2, 0.25) is 0 Å². The lowest BCUT2D eigenvalue weighted by Crippen LogP contribution is -2.09. The summed E-state index contributed by atoms with van der Waals surface area (Å²) >= 11 is 3.44. The highest BCUT2D eigenvalue weighted by atomic mass is 79.9. The Labute approximate surface area is 64.8 Å². The monoisotopic (exact) mass is 199 g/mol. The van der Waals surface area contributed by atoms with E-state index in [1.807, 2.05) is 0 Å². The summed E-state index contributed by atoms with van der Waals surface area (Å²) in [6, 6.07) is 0. The molecular formula is C5H11BrClN. The Morgan fingerprint density at radius 2 is 2.38 bits per heavy atom. The molecule has 50 valence electrons. The van der Waals surface area contributed by atoms with Gasteiger partial charge in [-0.3, -0.25) is 0 Å². The van der Waals surface area contributed by atoms with Crippen LogP contribution in [0.3, 0.4) is 0 Å². The van der Waals surface area contributed by atoms with Crippen molar-refractivity contribution < 1.29 is 0 Å². The maximum absolute atomic E-state index is 3.44. The molecule has 1 atom stereocenters. The highest BCUT2D eigenvalue weighted by Crippen LogP contribution is 2.08. The number of rotatable bonds is 1. The molecule has 0 radical (unpaired) electrons. The van der Waals surface area contributed by atoms with Crippen LogP contribution >= 0.6 is 28.3 Å². The van der Waals surface area contributed by atoms with Crippen molar-refractivity contribution in [2.24, 2.45) is 5.92 Å². The van der Waals surface area contributed by atoms with E-state index >= 15 is 0 Å². The number of nitrogens with one attached hydrogen (secondary N) is 1. The molecule has 1 nitrogen and oxygen atoms in total. The van der Waals surface area contributed by atoms with Crippen LogP contribution < -0.4 is 5.32 Å². The van der Waals surface area contributed by atoms with E-state index in [1.165, 1.54) is 24.8 Å². The van der Waals surface area contributed by atoms with Gasteiger partial charge in [0.05, 0.1) is 0 Å². The van der Waals surface area contributed by atoms with Gasteiger partial charge in [-0.2, -0.15) is 0 Å². The second-order valence-electron chi connectivity index (χ2n) is 2.01. The van der Waals surface area contributed by atoms with Gasteiger partial charge < -0.3 is 5.32 Å². The van der Waals surface area contributed by atoms with Crippen LogP contribution in [0, 0.1) is 5.92 Å². The molecule has 0 aromatic rings. The Kier molecular flexibility index (Phi) is 5.01. The molecule has 1 rings (SSSR count). The van der Waals surface area contributed by atoms with Crippen LogP contribution in [0.1, 0.15) is 6.42 Å². The zero-order chi connectivity index (χ0) is 5.11. The van der Waals surface area contributed by atoms with Crippen LogP contribution in [0.5, 0.6) is 0 Å².